The number of alkyl halides is 3. The third kappa shape index (κ3) is 4.21. The van der Waals surface area contributed by atoms with E-state index < -0.39 is 40.3 Å². The third-order valence-electron chi connectivity index (χ3n) is 4.31. The number of carbonyl (C=O) groups is 2. The van der Waals surface area contributed by atoms with E-state index in [0.717, 1.165) is 22.9 Å². The van der Waals surface area contributed by atoms with E-state index in [1.165, 1.54) is 32.9 Å². The standard InChI is InChI=1S/C18H18F3N3O4/c1-4-17(3,16(27)28)22-15(26)14-13(25)8-10(2)24(23-14)12-7-5-6-11(9-12)18(19,20)21/h5-9H,4H2,1-3H3,(H,22,26)(H,27,28). The molecule has 150 valence electrons. The van der Waals surface area contributed by atoms with Crippen LogP contribution in [0.3, 0.4) is 0 Å². The van der Waals surface area contributed by atoms with Gasteiger partial charge in [0.1, 0.15) is 5.54 Å². The van der Waals surface area contributed by atoms with Crippen LogP contribution in [-0.2, 0) is 11.0 Å². The van der Waals surface area contributed by atoms with Gasteiger partial charge < -0.3 is 10.4 Å². The Morgan fingerprint density at radius 2 is 1.89 bits per heavy atom. The number of nitrogens with zero attached hydrogens (tertiary/aromatic N) is 2. The van der Waals surface area contributed by atoms with Crippen LogP contribution < -0.4 is 10.7 Å². The number of halogens is 3. The van der Waals surface area contributed by atoms with E-state index in [2.05, 4.69) is 10.4 Å². The van der Waals surface area contributed by atoms with Crippen molar-refractivity contribution < 1.29 is 27.9 Å². The molecule has 1 aromatic heterocycles. The Bertz CT molecular complexity index is 985. The van der Waals surface area contributed by atoms with Gasteiger partial charge in [0.05, 0.1) is 11.3 Å². The number of aromatic nitrogens is 2. The van der Waals surface area contributed by atoms with Crippen LogP contribution in [0.25, 0.3) is 5.69 Å². The first-order valence-electron chi connectivity index (χ1n) is 8.23. The fourth-order valence-electron chi connectivity index (χ4n) is 2.38. The molecular formula is C18H18F3N3O4. The molecule has 28 heavy (non-hydrogen) atoms. The zero-order chi connectivity index (χ0) is 21.3. The van der Waals surface area contributed by atoms with E-state index in [9.17, 15) is 32.7 Å². The largest absolute Gasteiger partial charge is 0.480 e. The van der Waals surface area contributed by atoms with Gasteiger partial charge in [-0.15, -0.1) is 0 Å². The molecular weight excluding hydrogens is 379 g/mol. The summed E-state index contributed by atoms with van der Waals surface area (Å²) in [5.74, 6) is -2.33. The Morgan fingerprint density at radius 3 is 2.43 bits per heavy atom. The smallest absolute Gasteiger partial charge is 0.416 e. The van der Waals surface area contributed by atoms with Crippen LogP contribution in [0.15, 0.2) is 35.1 Å². The molecule has 2 rings (SSSR count). The first-order valence-corrected chi connectivity index (χ1v) is 8.23. The van der Waals surface area contributed by atoms with E-state index in [1.807, 2.05) is 0 Å². The van der Waals surface area contributed by atoms with Crippen molar-refractivity contribution >= 4 is 11.9 Å². The second kappa shape index (κ2) is 7.45. The average Bonchev–Trinajstić information content (AvgIpc) is 2.60. The summed E-state index contributed by atoms with van der Waals surface area (Å²) in [4.78, 5) is 36.0. The summed E-state index contributed by atoms with van der Waals surface area (Å²) in [5.41, 5.74) is -3.74. The van der Waals surface area contributed by atoms with E-state index in [0.29, 0.717) is 0 Å². The number of carboxylic acids is 1. The van der Waals surface area contributed by atoms with Crippen LogP contribution >= 0.6 is 0 Å². The van der Waals surface area contributed by atoms with E-state index in [-0.39, 0.29) is 17.8 Å². The number of benzene rings is 1. The Labute approximate surface area is 157 Å². The van der Waals surface area contributed by atoms with Gasteiger partial charge in [0.2, 0.25) is 5.43 Å². The van der Waals surface area contributed by atoms with Crippen LogP contribution in [0.2, 0.25) is 0 Å². The van der Waals surface area contributed by atoms with Crippen molar-refractivity contribution in [2.75, 3.05) is 0 Å². The summed E-state index contributed by atoms with van der Waals surface area (Å²) in [6.07, 6.45) is -4.53. The quantitative estimate of drug-likeness (QED) is 0.808. The van der Waals surface area contributed by atoms with Crippen molar-refractivity contribution in [3.05, 3.63) is 57.5 Å². The number of aliphatic carboxylic acids is 1. The van der Waals surface area contributed by atoms with E-state index in [1.54, 1.807) is 0 Å². The molecule has 0 saturated carbocycles. The Morgan fingerprint density at radius 1 is 1.25 bits per heavy atom. The van der Waals surface area contributed by atoms with Crippen molar-refractivity contribution in [1.29, 1.82) is 0 Å². The van der Waals surface area contributed by atoms with Crippen molar-refractivity contribution in [2.45, 2.75) is 38.9 Å². The van der Waals surface area contributed by atoms with Gasteiger partial charge in [-0.1, -0.05) is 13.0 Å². The summed E-state index contributed by atoms with van der Waals surface area (Å²) in [6, 6.07) is 5.28. The molecule has 0 radical (unpaired) electrons. The second-order valence-corrected chi connectivity index (χ2v) is 6.40. The summed E-state index contributed by atoms with van der Waals surface area (Å²) < 4.78 is 39.9. The Kier molecular flexibility index (Phi) is 5.62. The number of carbonyl (C=O) groups excluding carboxylic acids is 1. The van der Waals surface area contributed by atoms with Gasteiger partial charge in [-0.2, -0.15) is 18.3 Å². The normalized spacial score (nSPS) is 13.6. The van der Waals surface area contributed by atoms with Crippen molar-refractivity contribution in [3.63, 3.8) is 0 Å². The SMILES string of the molecule is CCC(C)(NC(=O)c1nn(-c2cccc(C(F)(F)F)c2)c(C)cc1=O)C(=O)O. The lowest BCUT2D eigenvalue weighted by atomic mass is 9.99. The number of nitrogens with one attached hydrogen (secondary N) is 1. The highest BCUT2D eigenvalue weighted by Crippen LogP contribution is 2.30. The summed E-state index contributed by atoms with van der Waals surface area (Å²) >= 11 is 0. The molecule has 1 heterocycles. The number of rotatable bonds is 5. The molecule has 0 saturated heterocycles. The summed E-state index contributed by atoms with van der Waals surface area (Å²) in [6.45, 7) is 4.26. The van der Waals surface area contributed by atoms with Gasteiger partial charge in [0.25, 0.3) is 5.91 Å². The molecule has 0 fully saturated rings. The third-order valence-corrected chi connectivity index (χ3v) is 4.31. The molecule has 2 N–H and O–H groups in total. The summed E-state index contributed by atoms with van der Waals surface area (Å²) in [7, 11) is 0. The molecule has 0 aliphatic heterocycles. The minimum absolute atomic E-state index is 0.00198. The zero-order valence-corrected chi connectivity index (χ0v) is 15.3. The van der Waals surface area contributed by atoms with Gasteiger partial charge in [-0.25, -0.2) is 9.48 Å². The highest BCUT2D eigenvalue weighted by Gasteiger charge is 2.34. The fraction of sp³-hybridized carbons (Fsp3) is 0.333. The lowest BCUT2D eigenvalue weighted by Gasteiger charge is -2.24. The first kappa shape index (κ1) is 21.1. The van der Waals surface area contributed by atoms with Gasteiger partial charge in [0.15, 0.2) is 5.69 Å². The van der Waals surface area contributed by atoms with Crippen LogP contribution in [0.5, 0.6) is 0 Å². The number of amides is 1. The van der Waals surface area contributed by atoms with Crippen LogP contribution in [0, 0.1) is 6.92 Å². The minimum atomic E-state index is -4.58. The monoisotopic (exact) mass is 397 g/mol. The molecule has 1 amide bonds. The number of aryl methyl sites for hydroxylation is 1. The lowest BCUT2D eigenvalue weighted by molar-refractivity contribution is -0.144. The Hall–Kier alpha value is -3.17. The molecule has 0 bridgehead atoms. The molecule has 7 nitrogen and oxygen atoms in total. The molecule has 2 aromatic rings. The predicted octanol–water partition coefficient (Wildman–Crippen LogP) is 2.54. The highest BCUT2D eigenvalue weighted by molar-refractivity contribution is 5.96. The topological polar surface area (TPSA) is 101 Å². The molecule has 1 atom stereocenters. The van der Waals surface area contributed by atoms with Crippen molar-refractivity contribution in [1.82, 2.24) is 15.1 Å². The molecule has 0 aliphatic rings. The van der Waals surface area contributed by atoms with Crippen LogP contribution in [-0.4, -0.2) is 32.3 Å². The summed E-state index contributed by atoms with van der Waals surface area (Å²) in [5, 5.41) is 15.4. The molecule has 0 spiro atoms. The highest BCUT2D eigenvalue weighted by atomic mass is 19.4. The fourth-order valence-corrected chi connectivity index (χ4v) is 2.38. The minimum Gasteiger partial charge on any atom is -0.480 e. The maximum Gasteiger partial charge on any atom is 0.416 e. The number of carboxylic acid groups (broad SMARTS) is 1. The van der Waals surface area contributed by atoms with Gasteiger partial charge in [-0.3, -0.25) is 9.59 Å². The first-order chi connectivity index (χ1) is 12.9. The molecule has 10 heteroatoms. The maximum absolute atomic E-state index is 13.0. The Balaban J connectivity index is 2.53. The van der Waals surface area contributed by atoms with Gasteiger partial charge in [0, 0.05) is 11.8 Å². The number of hydrogen-bond acceptors (Lipinski definition) is 4. The average molecular weight is 397 g/mol. The molecule has 1 unspecified atom stereocenters. The van der Waals surface area contributed by atoms with E-state index >= 15 is 0 Å². The maximum atomic E-state index is 13.0. The van der Waals surface area contributed by atoms with Gasteiger partial charge in [-0.05, 0) is 38.5 Å². The number of hydrogen-bond donors (Lipinski definition) is 2. The second-order valence-electron chi connectivity index (χ2n) is 6.40. The van der Waals surface area contributed by atoms with E-state index in [4.69, 9.17) is 0 Å². The van der Waals surface area contributed by atoms with Crippen molar-refractivity contribution in [2.24, 2.45) is 0 Å². The zero-order valence-electron chi connectivity index (χ0n) is 15.3. The predicted molar refractivity (Wildman–Crippen MR) is 93.4 cm³/mol. The van der Waals surface area contributed by atoms with Crippen molar-refractivity contribution in [3.8, 4) is 5.69 Å². The molecule has 0 aliphatic carbocycles. The lowest BCUT2D eigenvalue weighted by Crippen LogP contribution is -2.52. The molecule has 1 aromatic carbocycles. The van der Waals surface area contributed by atoms with Crippen LogP contribution in [0.4, 0.5) is 13.2 Å². The van der Waals surface area contributed by atoms with Gasteiger partial charge >= 0.3 is 12.1 Å². The van der Waals surface area contributed by atoms with Crippen LogP contribution in [0.1, 0.15) is 42.0 Å².